The van der Waals surface area contributed by atoms with Crippen LogP contribution in [0.15, 0.2) is 48.5 Å². The predicted molar refractivity (Wildman–Crippen MR) is 99.1 cm³/mol. The smallest absolute Gasteiger partial charge is 0.224 e. The summed E-state index contributed by atoms with van der Waals surface area (Å²) in [7, 11) is 7.27. The molecule has 0 aliphatic heterocycles. The van der Waals surface area contributed by atoms with Crippen LogP contribution in [-0.2, 0) is 11.2 Å². The molecule has 5 nitrogen and oxygen atoms in total. The van der Waals surface area contributed by atoms with Crippen molar-refractivity contribution in [3.05, 3.63) is 59.7 Å². The molecule has 2 aromatic rings. The lowest BCUT2D eigenvalue weighted by Crippen LogP contribution is -2.35. The fraction of sp³-hybridized carbons (Fsp3) is 0.350. The molecule has 134 valence electrons. The lowest BCUT2D eigenvalue weighted by atomic mass is 10.1. The molecule has 0 bridgehead atoms. The van der Waals surface area contributed by atoms with E-state index in [0.29, 0.717) is 13.0 Å². The van der Waals surface area contributed by atoms with Gasteiger partial charge in [0, 0.05) is 6.54 Å². The number of nitrogens with zero attached hydrogens (tertiary/aromatic N) is 1. The molecule has 2 rings (SSSR count). The second-order valence-corrected chi connectivity index (χ2v) is 6.09. The highest BCUT2D eigenvalue weighted by atomic mass is 16.5. The molecule has 1 amide bonds. The summed E-state index contributed by atoms with van der Waals surface area (Å²) >= 11 is 0. The van der Waals surface area contributed by atoms with Gasteiger partial charge in [-0.15, -0.1) is 0 Å². The first kappa shape index (κ1) is 18.8. The molecule has 0 radical (unpaired) electrons. The molecular weight excluding hydrogens is 316 g/mol. The van der Waals surface area contributed by atoms with Crippen LogP contribution in [-0.4, -0.2) is 45.7 Å². The maximum absolute atomic E-state index is 12.3. The first-order valence-electron chi connectivity index (χ1n) is 8.23. The number of carbonyl (C=O) groups excluding carboxylic acids is 1. The summed E-state index contributed by atoms with van der Waals surface area (Å²) < 4.78 is 10.5. The summed E-state index contributed by atoms with van der Waals surface area (Å²) in [5.41, 5.74) is 2.03. The second kappa shape index (κ2) is 9.08. The van der Waals surface area contributed by atoms with Gasteiger partial charge in [-0.25, -0.2) is 0 Å². The summed E-state index contributed by atoms with van der Waals surface area (Å²) in [6, 6.07) is 15.6. The highest BCUT2D eigenvalue weighted by molar-refractivity contribution is 5.78. The van der Waals surface area contributed by atoms with E-state index in [4.69, 9.17) is 9.47 Å². The van der Waals surface area contributed by atoms with E-state index in [1.165, 1.54) is 0 Å². The normalized spacial score (nSPS) is 11.9. The minimum absolute atomic E-state index is 0.0111. The number of amides is 1. The minimum Gasteiger partial charge on any atom is -0.497 e. The molecule has 0 aliphatic carbocycles. The molecule has 0 fully saturated rings. The molecule has 0 saturated heterocycles. The summed E-state index contributed by atoms with van der Waals surface area (Å²) in [5, 5.41) is 3.02. The highest BCUT2D eigenvalue weighted by Gasteiger charge is 2.16. The van der Waals surface area contributed by atoms with E-state index in [2.05, 4.69) is 10.2 Å². The van der Waals surface area contributed by atoms with Gasteiger partial charge in [0.1, 0.15) is 11.5 Å². The van der Waals surface area contributed by atoms with Crippen LogP contribution in [0.2, 0.25) is 0 Å². The van der Waals surface area contributed by atoms with Crippen LogP contribution in [0.5, 0.6) is 11.5 Å². The average molecular weight is 342 g/mol. The van der Waals surface area contributed by atoms with Gasteiger partial charge in [-0.05, 0) is 49.5 Å². The maximum atomic E-state index is 12.3. The lowest BCUT2D eigenvalue weighted by molar-refractivity contribution is -0.120. The van der Waals surface area contributed by atoms with Crippen molar-refractivity contribution in [1.82, 2.24) is 10.2 Å². The average Bonchev–Trinajstić information content (AvgIpc) is 2.62. The van der Waals surface area contributed by atoms with Gasteiger partial charge in [-0.1, -0.05) is 24.3 Å². The van der Waals surface area contributed by atoms with Crippen molar-refractivity contribution in [2.75, 3.05) is 34.9 Å². The first-order chi connectivity index (χ1) is 12.0. The van der Waals surface area contributed by atoms with Crippen LogP contribution in [0.3, 0.4) is 0 Å². The van der Waals surface area contributed by atoms with E-state index in [-0.39, 0.29) is 11.9 Å². The Morgan fingerprint density at radius 2 is 1.68 bits per heavy atom. The Bertz CT molecular complexity index is 701. The summed E-state index contributed by atoms with van der Waals surface area (Å²) in [5.74, 6) is 1.56. The SMILES string of the molecule is COc1cccc(CC(=O)NCC(c2cccc(OC)c2)N(C)C)c1. The summed E-state index contributed by atoms with van der Waals surface area (Å²) in [4.78, 5) is 14.4. The number of rotatable bonds is 8. The van der Waals surface area contributed by atoms with Gasteiger partial charge in [0.25, 0.3) is 0 Å². The Balaban J connectivity index is 1.99. The third kappa shape index (κ3) is 5.50. The molecule has 0 saturated carbocycles. The summed E-state index contributed by atoms with van der Waals surface area (Å²) in [6.45, 7) is 0.531. The van der Waals surface area contributed by atoms with E-state index in [9.17, 15) is 4.79 Å². The van der Waals surface area contributed by atoms with Crippen molar-refractivity contribution < 1.29 is 14.3 Å². The summed E-state index contributed by atoms with van der Waals surface area (Å²) in [6.07, 6.45) is 0.329. The zero-order chi connectivity index (χ0) is 18.2. The van der Waals surface area contributed by atoms with Crippen LogP contribution >= 0.6 is 0 Å². The molecule has 5 heteroatoms. The second-order valence-electron chi connectivity index (χ2n) is 6.09. The van der Waals surface area contributed by atoms with E-state index in [0.717, 1.165) is 22.6 Å². The van der Waals surface area contributed by atoms with Crippen molar-refractivity contribution in [3.63, 3.8) is 0 Å². The molecule has 0 aromatic heterocycles. The molecule has 2 aromatic carbocycles. The van der Waals surface area contributed by atoms with Gasteiger partial charge in [-0.2, -0.15) is 0 Å². The molecule has 0 aliphatic rings. The topological polar surface area (TPSA) is 50.8 Å². The maximum Gasteiger partial charge on any atom is 0.224 e. The minimum atomic E-state index is -0.0111. The van der Waals surface area contributed by atoms with Crippen molar-refractivity contribution in [2.24, 2.45) is 0 Å². The van der Waals surface area contributed by atoms with Crippen LogP contribution in [0.25, 0.3) is 0 Å². The Morgan fingerprint density at radius 1 is 1.04 bits per heavy atom. The number of methoxy groups -OCH3 is 2. The van der Waals surface area contributed by atoms with Crippen molar-refractivity contribution >= 4 is 5.91 Å². The van der Waals surface area contributed by atoms with E-state index < -0.39 is 0 Å². The zero-order valence-electron chi connectivity index (χ0n) is 15.3. The van der Waals surface area contributed by atoms with Crippen molar-refractivity contribution in [1.29, 1.82) is 0 Å². The molecule has 1 N–H and O–H groups in total. The van der Waals surface area contributed by atoms with E-state index in [1.807, 2.05) is 62.6 Å². The Kier molecular flexibility index (Phi) is 6.83. The molecule has 0 heterocycles. The number of ether oxygens (including phenoxy) is 2. The van der Waals surface area contributed by atoms with Gasteiger partial charge in [-0.3, -0.25) is 4.79 Å². The fourth-order valence-corrected chi connectivity index (χ4v) is 2.69. The fourth-order valence-electron chi connectivity index (χ4n) is 2.69. The molecule has 1 atom stereocenters. The monoisotopic (exact) mass is 342 g/mol. The lowest BCUT2D eigenvalue weighted by Gasteiger charge is -2.25. The third-order valence-electron chi connectivity index (χ3n) is 4.09. The Morgan fingerprint density at radius 3 is 2.32 bits per heavy atom. The number of likely N-dealkylation sites (N-methyl/N-ethyl adjacent to an activating group) is 1. The van der Waals surface area contributed by atoms with Crippen molar-refractivity contribution in [2.45, 2.75) is 12.5 Å². The molecule has 0 spiro atoms. The van der Waals surface area contributed by atoms with Crippen LogP contribution in [0.1, 0.15) is 17.2 Å². The van der Waals surface area contributed by atoms with Crippen LogP contribution in [0.4, 0.5) is 0 Å². The van der Waals surface area contributed by atoms with Gasteiger partial charge in [0.2, 0.25) is 5.91 Å². The Hall–Kier alpha value is -2.53. The van der Waals surface area contributed by atoms with Crippen LogP contribution < -0.4 is 14.8 Å². The van der Waals surface area contributed by atoms with E-state index in [1.54, 1.807) is 14.2 Å². The quantitative estimate of drug-likeness (QED) is 0.801. The van der Waals surface area contributed by atoms with Crippen LogP contribution in [0, 0.1) is 0 Å². The largest absolute Gasteiger partial charge is 0.497 e. The number of hydrogen-bond acceptors (Lipinski definition) is 4. The van der Waals surface area contributed by atoms with Gasteiger partial charge < -0.3 is 19.7 Å². The molecule has 25 heavy (non-hydrogen) atoms. The molecular formula is C20H26N2O3. The number of hydrogen-bond donors (Lipinski definition) is 1. The van der Waals surface area contributed by atoms with Gasteiger partial charge in [0.05, 0.1) is 26.7 Å². The number of nitrogens with one attached hydrogen (secondary N) is 1. The third-order valence-corrected chi connectivity index (χ3v) is 4.09. The first-order valence-corrected chi connectivity index (χ1v) is 8.23. The van der Waals surface area contributed by atoms with Gasteiger partial charge >= 0.3 is 0 Å². The highest BCUT2D eigenvalue weighted by Crippen LogP contribution is 2.22. The standard InChI is InChI=1S/C20H26N2O3/c1-22(2)19(16-8-6-10-18(13-16)25-4)14-21-20(23)12-15-7-5-9-17(11-15)24-3/h5-11,13,19H,12,14H2,1-4H3,(H,21,23). The van der Waals surface area contributed by atoms with Crippen molar-refractivity contribution in [3.8, 4) is 11.5 Å². The number of benzene rings is 2. The van der Waals surface area contributed by atoms with Gasteiger partial charge in [0.15, 0.2) is 0 Å². The van der Waals surface area contributed by atoms with E-state index >= 15 is 0 Å². The zero-order valence-corrected chi connectivity index (χ0v) is 15.3. The number of carbonyl (C=O) groups is 1. The molecule has 1 unspecified atom stereocenters. The Labute approximate surface area is 149 Å². The predicted octanol–water partition coefficient (Wildman–Crippen LogP) is 2.67.